The maximum absolute atomic E-state index is 13.2. The lowest BCUT2D eigenvalue weighted by Gasteiger charge is -2.04. The SMILES string of the molecule is COC(=O)C(=O)Nc1cc([N+](=O)[O-])ccc1F. The Morgan fingerprint density at radius 3 is 2.65 bits per heavy atom. The third-order valence-corrected chi connectivity index (χ3v) is 1.78. The summed E-state index contributed by atoms with van der Waals surface area (Å²) in [6.07, 6.45) is 0. The van der Waals surface area contributed by atoms with E-state index in [0.717, 1.165) is 25.3 Å². The molecular weight excluding hydrogens is 235 g/mol. The van der Waals surface area contributed by atoms with E-state index >= 15 is 0 Å². The maximum atomic E-state index is 13.2. The highest BCUT2D eigenvalue weighted by Crippen LogP contribution is 2.21. The highest BCUT2D eigenvalue weighted by atomic mass is 19.1. The average Bonchev–Trinajstić information content (AvgIpc) is 2.30. The van der Waals surface area contributed by atoms with Crippen molar-refractivity contribution in [2.24, 2.45) is 0 Å². The van der Waals surface area contributed by atoms with Crippen LogP contribution in [0.15, 0.2) is 18.2 Å². The van der Waals surface area contributed by atoms with Gasteiger partial charge in [-0.05, 0) is 6.07 Å². The summed E-state index contributed by atoms with van der Waals surface area (Å²) in [4.78, 5) is 31.5. The van der Waals surface area contributed by atoms with Gasteiger partial charge < -0.3 is 10.1 Å². The van der Waals surface area contributed by atoms with Crippen LogP contribution < -0.4 is 5.32 Å². The van der Waals surface area contributed by atoms with Crippen LogP contribution in [-0.2, 0) is 14.3 Å². The molecule has 1 aromatic carbocycles. The number of hydrogen-bond donors (Lipinski definition) is 1. The minimum absolute atomic E-state index is 0.411. The monoisotopic (exact) mass is 242 g/mol. The van der Waals surface area contributed by atoms with E-state index in [2.05, 4.69) is 4.74 Å². The molecule has 0 aliphatic heterocycles. The second-order valence-corrected chi connectivity index (χ2v) is 2.87. The smallest absolute Gasteiger partial charge is 0.396 e. The van der Waals surface area contributed by atoms with Gasteiger partial charge in [-0.3, -0.25) is 14.9 Å². The fourth-order valence-electron chi connectivity index (χ4n) is 0.989. The van der Waals surface area contributed by atoms with Gasteiger partial charge in [-0.15, -0.1) is 0 Å². The summed E-state index contributed by atoms with van der Waals surface area (Å²) in [5.41, 5.74) is -0.874. The van der Waals surface area contributed by atoms with E-state index in [-0.39, 0.29) is 0 Å². The largest absolute Gasteiger partial charge is 0.462 e. The fourth-order valence-corrected chi connectivity index (χ4v) is 0.989. The molecule has 1 amide bonds. The van der Waals surface area contributed by atoms with E-state index in [1.807, 2.05) is 5.32 Å². The van der Waals surface area contributed by atoms with Crippen LogP contribution in [-0.4, -0.2) is 23.9 Å². The number of carbonyl (C=O) groups is 2. The molecule has 0 heterocycles. The lowest BCUT2D eigenvalue weighted by atomic mass is 10.2. The van der Waals surface area contributed by atoms with Crippen molar-refractivity contribution in [2.45, 2.75) is 0 Å². The number of halogens is 1. The quantitative estimate of drug-likeness (QED) is 0.358. The second-order valence-electron chi connectivity index (χ2n) is 2.87. The molecule has 0 spiro atoms. The number of methoxy groups -OCH3 is 1. The number of esters is 1. The van der Waals surface area contributed by atoms with Crippen LogP contribution in [0.3, 0.4) is 0 Å². The van der Waals surface area contributed by atoms with Crippen molar-refractivity contribution in [3.8, 4) is 0 Å². The molecule has 17 heavy (non-hydrogen) atoms. The Morgan fingerprint density at radius 2 is 2.12 bits per heavy atom. The molecule has 0 unspecified atom stereocenters. The summed E-state index contributed by atoms with van der Waals surface area (Å²) in [5.74, 6) is -3.34. The fraction of sp³-hybridized carbons (Fsp3) is 0.111. The van der Waals surface area contributed by atoms with Gasteiger partial charge in [-0.25, -0.2) is 9.18 Å². The Labute approximate surface area is 94.3 Å². The highest BCUT2D eigenvalue weighted by Gasteiger charge is 2.18. The van der Waals surface area contributed by atoms with Crippen molar-refractivity contribution in [3.05, 3.63) is 34.1 Å². The molecule has 0 aliphatic carbocycles. The lowest BCUT2D eigenvalue weighted by molar-refractivity contribution is -0.384. The number of rotatable bonds is 2. The first-order valence-corrected chi connectivity index (χ1v) is 4.29. The van der Waals surface area contributed by atoms with Crippen LogP contribution in [0, 0.1) is 15.9 Å². The zero-order valence-electron chi connectivity index (χ0n) is 8.60. The minimum atomic E-state index is -1.23. The molecule has 8 heteroatoms. The molecule has 1 N–H and O–H groups in total. The van der Waals surface area contributed by atoms with Crippen molar-refractivity contribution in [1.29, 1.82) is 0 Å². The Hall–Kier alpha value is -2.51. The van der Waals surface area contributed by atoms with E-state index in [0.29, 0.717) is 0 Å². The number of anilines is 1. The first kappa shape index (κ1) is 12.6. The van der Waals surface area contributed by atoms with Crippen LogP contribution in [0.4, 0.5) is 15.8 Å². The van der Waals surface area contributed by atoms with E-state index in [9.17, 15) is 24.1 Å². The molecule has 1 aromatic rings. The Bertz CT molecular complexity index is 488. The molecule has 1 rings (SSSR count). The number of nitrogens with one attached hydrogen (secondary N) is 1. The van der Waals surface area contributed by atoms with Gasteiger partial charge in [-0.2, -0.15) is 0 Å². The standard InChI is InChI=1S/C9H7FN2O5/c1-17-9(14)8(13)11-7-4-5(12(15)16)2-3-6(7)10/h2-4H,1H3,(H,11,13). The van der Waals surface area contributed by atoms with Gasteiger partial charge in [0.25, 0.3) is 5.69 Å². The van der Waals surface area contributed by atoms with Crippen molar-refractivity contribution in [3.63, 3.8) is 0 Å². The van der Waals surface area contributed by atoms with Gasteiger partial charge in [0.2, 0.25) is 0 Å². The molecule has 0 aliphatic rings. The molecule has 0 saturated heterocycles. The third-order valence-electron chi connectivity index (χ3n) is 1.78. The van der Waals surface area contributed by atoms with Gasteiger partial charge in [0.05, 0.1) is 17.7 Å². The van der Waals surface area contributed by atoms with Crippen molar-refractivity contribution in [2.75, 3.05) is 12.4 Å². The zero-order valence-corrected chi connectivity index (χ0v) is 8.60. The van der Waals surface area contributed by atoms with Gasteiger partial charge >= 0.3 is 11.9 Å². The number of amides is 1. The normalized spacial score (nSPS) is 9.53. The number of nitro groups is 1. The highest BCUT2D eigenvalue weighted by molar-refractivity contribution is 6.37. The molecule has 0 aromatic heterocycles. The summed E-state index contributed by atoms with van der Waals surface area (Å²) in [5, 5.41) is 12.3. The Balaban J connectivity index is 2.98. The van der Waals surface area contributed by atoms with Crippen LogP contribution in [0.25, 0.3) is 0 Å². The van der Waals surface area contributed by atoms with Crippen molar-refractivity contribution < 1.29 is 23.6 Å². The van der Waals surface area contributed by atoms with Crippen molar-refractivity contribution >= 4 is 23.3 Å². The zero-order chi connectivity index (χ0) is 13.0. The van der Waals surface area contributed by atoms with Gasteiger partial charge in [0, 0.05) is 12.1 Å². The van der Waals surface area contributed by atoms with Crippen LogP contribution in [0.2, 0.25) is 0 Å². The summed E-state index contributed by atoms with van der Waals surface area (Å²) < 4.78 is 17.3. The third kappa shape index (κ3) is 2.97. The van der Waals surface area contributed by atoms with E-state index in [4.69, 9.17) is 0 Å². The van der Waals surface area contributed by atoms with Gasteiger partial charge in [0.1, 0.15) is 5.82 Å². The van der Waals surface area contributed by atoms with E-state index < -0.39 is 34.0 Å². The Morgan fingerprint density at radius 1 is 1.47 bits per heavy atom. The predicted octanol–water partition coefficient (Wildman–Crippen LogP) is 0.845. The molecule has 0 fully saturated rings. The number of nitro benzene ring substituents is 1. The molecule has 90 valence electrons. The second kappa shape index (κ2) is 5.01. The van der Waals surface area contributed by atoms with Crippen LogP contribution >= 0.6 is 0 Å². The molecule has 0 atom stereocenters. The molecule has 7 nitrogen and oxygen atoms in total. The number of carbonyl (C=O) groups excluding carboxylic acids is 2. The summed E-state index contributed by atoms with van der Waals surface area (Å²) in [6, 6.07) is 2.55. The maximum Gasteiger partial charge on any atom is 0.396 e. The summed E-state index contributed by atoms with van der Waals surface area (Å²) >= 11 is 0. The number of nitrogens with zero attached hydrogens (tertiary/aromatic N) is 1. The lowest BCUT2D eigenvalue weighted by Crippen LogP contribution is -2.24. The van der Waals surface area contributed by atoms with Crippen LogP contribution in [0.1, 0.15) is 0 Å². The molecular formula is C9H7FN2O5. The van der Waals surface area contributed by atoms with Gasteiger partial charge in [-0.1, -0.05) is 0 Å². The summed E-state index contributed by atoms with van der Waals surface area (Å²) in [6.45, 7) is 0. The first-order valence-electron chi connectivity index (χ1n) is 4.29. The van der Waals surface area contributed by atoms with E-state index in [1.54, 1.807) is 0 Å². The first-order chi connectivity index (χ1) is 7.95. The molecule has 0 bridgehead atoms. The average molecular weight is 242 g/mol. The minimum Gasteiger partial charge on any atom is -0.462 e. The number of benzene rings is 1. The van der Waals surface area contributed by atoms with E-state index in [1.165, 1.54) is 0 Å². The predicted molar refractivity (Wildman–Crippen MR) is 53.7 cm³/mol. The molecule has 0 saturated carbocycles. The summed E-state index contributed by atoms with van der Waals surface area (Å²) in [7, 11) is 0.978. The van der Waals surface area contributed by atoms with Crippen LogP contribution in [0.5, 0.6) is 0 Å². The topological polar surface area (TPSA) is 98.5 Å². The number of non-ortho nitro benzene ring substituents is 1. The molecule has 0 radical (unpaired) electrons. The Kier molecular flexibility index (Phi) is 3.70. The number of hydrogen-bond acceptors (Lipinski definition) is 5. The number of ether oxygens (including phenoxy) is 1. The van der Waals surface area contributed by atoms with Crippen molar-refractivity contribution in [1.82, 2.24) is 0 Å². The van der Waals surface area contributed by atoms with Gasteiger partial charge in [0.15, 0.2) is 0 Å².